The first-order valence-corrected chi connectivity index (χ1v) is 28.0. The van der Waals surface area contributed by atoms with Crippen LogP contribution in [0.1, 0.15) is 52.7 Å². The zero-order valence-electron chi connectivity index (χ0n) is 45.2. The van der Waals surface area contributed by atoms with Gasteiger partial charge in [-0.2, -0.15) is 0 Å². The van der Waals surface area contributed by atoms with Crippen LogP contribution >= 0.6 is 0 Å². The molecule has 15 aromatic rings. The van der Waals surface area contributed by atoms with Gasteiger partial charge in [-0.1, -0.05) is 181 Å². The second kappa shape index (κ2) is 15.7. The number of anilines is 6. The number of aromatic nitrogens is 2. The fraction of sp³-hybridized carbons (Fsp3) is 0.108. The molecule has 0 bridgehead atoms. The molecule has 79 heavy (non-hydrogen) atoms. The van der Waals surface area contributed by atoms with E-state index in [4.69, 9.17) is 0 Å². The average molecular weight is 1010 g/mol. The highest BCUT2D eigenvalue weighted by Crippen LogP contribution is 2.51. The van der Waals surface area contributed by atoms with Crippen molar-refractivity contribution in [1.29, 1.82) is 0 Å². The number of rotatable bonds is 4. The lowest BCUT2D eigenvalue weighted by molar-refractivity contribution is 0.590. The molecule has 0 unspecified atom stereocenters. The number of fused-ring (bicyclic) bond motifs is 16. The van der Waals surface area contributed by atoms with Crippen LogP contribution in [0, 0.1) is 0 Å². The van der Waals surface area contributed by atoms with E-state index >= 15 is 0 Å². The van der Waals surface area contributed by atoms with Gasteiger partial charge in [0.2, 0.25) is 0 Å². The van der Waals surface area contributed by atoms with Gasteiger partial charge in [0.05, 0.1) is 44.5 Å². The Hall–Kier alpha value is -9.32. The predicted octanol–water partition coefficient (Wildman–Crippen LogP) is 18.0. The molecule has 374 valence electrons. The van der Waals surface area contributed by atoms with Crippen LogP contribution < -0.4 is 26.2 Å². The molecule has 0 saturated heterocycles. The molecule has 0 saturated carbocycles. The molecule has 2 aliphatic rings. The summed E-state index contributed by atoms with van der Waals surface area (Å²) >= 11 is 0. The Morgan fingerprint density at radius 3 is 0.987 bits per heavy atom. The van der Waals surface area contributed by atoms with E-state index in [9.17, 15) is 0 Å². The van der Waals surface area contributed by atoms with E-state index in [1.165, 1.54) is 149 Å². The van der Waals surface area contributed by atoms with E-state index in [1.807, 2.05) is 0 Å². The second-order valence-corrected chi connectivity index (χ2v) is 24.5. The van der Waals surface area contributed by atoms with E-state index in [0.717, 1.165) is 11.4 Å². The van der Waals surface area contributed by atoms with Gasteiger partial charge in [0.1, 0.15) is 0 Å². The number of benzene rings is 11. The van der Waals surface area contributed by atoms with Crippen LogP contribution in [0.4, 0.5) is 34.1 Å². The van der Waals surface area contributed by atoms with Gasteiger partial charge in [0.25, 0.3) is 6.71 Å². The first-order chi connectivity index (χ1) is 38.5. The number of hydrogen-bond acceptors (Lipinski definition) is 2. The molecular formula is C74H55BN4. The minimum Gasteiger partial charge on any atom is -0.311 e. The second-order valence-electron chi connectivity index (χ2n) is 24.5. The van der Waals surface area contributed by atoms with Crippen LogP contribution in [0.15, 0.2) is 224 Å². The van der Waals surface area contributed by atoms with E-state index in [2.05, 4.69) is 285 Å². The first-order valence-electron chi connectivity index (χ1n) is 28.0. The predicted molar refractivity (Wildman–Crippen MR) is 338 cm³/mol. The molecule has 0 radical (unpaired) electrons. The third-order valence-corrected chi connectivity index (χ3v) is 18.0. The maximum absolute atomic E-state index is 2.61. The molecule has 0 atom stereocenters. The zero-order chi connectivity index (χ0) is 52.8. The van der Waals surface area contributed by atoms with Gasteiger partial charge in [-0.3, -0.25) is 0 Å². The minimum absolute atomic E-state index is 0.0352. The highest BCUT2D eigenvalue weighted by molar-refractivity contribution is 7.00. The molecule has 0 aliphatic carbocycles. The van der Waals surface area contributed by atoms with Crippen molar-refractivity contribution in [2.24, 2.45) is 0 Å². The third kappa shape index (κ3) is 6.05. The molecule has 6 heterocycles. The average Bonchev–Trinajstić information content (AvgIpc) is 4.41. The van der Waals surface area contributed by atoms with Crippen LogP contribution in [-0.4, -0.2) is 15.5 Å². The molecule has 0 N–H and O–H groups in total. The fourth-order valence-electron chi connectivity index (χ4n) is 14.4. The van der Waals surface area contributed by atoms with Gasteiger partial charge < -0.3 is 18.6 Å². The van der Waals surface area contributed by atoms with E-state index in [0.29, 0.717) is 0 Å². The summed E-state index contributed by atoms with van der Waals surface area (Å²) in [6.45, 7) is 14.1. The van der Waals surface area contributed by atoms with Crippen molar-refractivity contribution >= 4 is 133 Å². The van der Waals surface area contributed by atoms with Gasteiger partial charge in [-0.25, -0.2) is 0 Å². The minimum atomic E-state index is -0.0743. The molecule has 11 aromatic carbocycles. The molecule has 0 spiro atoms. The topological polar surface area (TPSA) is 15.3 Å². The Morgan fingerprint density at radius 2 is 0.620 bits per heavy atom. The Balaban J connectivity index is 0.937. The Labute approximate surface area is 459 Å². The quantitative estimate of drug-likeness (QED) is 0.163. The highest BCUT2D eigenvalue weighted by atomic mass is 15.2. The summed E-state index contributed by atoms with van der Waals surface area (Å²) in [5, 5.41) is 10.2. The van der Waals surface area contributed by atoms with E-state index in [-0.39, 0.29) is 17.5 Å². The summed E-state index contributed by atoms with van der Waals surface area (Å²) in [4.78, 5) is 5.22. The van der Waals surface area contributed by atoms with Crippen LogP contribution in [0.3, 0.4) is 0 Å². The molecule has 5 heteroatoms. The van der Waals surface area contributed by atoms with Crippen molar-refractivity contribution in [3.8, 4) is 22.3 Å². The number of nitrogens with zero attached hydrogens (tertiary/aromatic N) is 4. The van der Waals surface area contributed by atoms with Crippen molar-refractivity contribution in [3.05, 3.63) is 236 Å². The Bertz CT molecular complexity index is 4600. The molecule has 4 nitrogen and oxygen atoms in total. The first kappa shape index (κ1) is 44.8. The summed E-state index contributed by atoms with van der Waals surface area (Å²) in [7, 11) is 0. The molecular weight excluding hydrogens is 956 g/mol. The van der Waals surface area contributed by atoms with Gasteiger partial charge >= 0.3 is 0 Å². The fourth-order valence-corrected chi connectivity index (χ4v) is 14.4. The van der Waals surface area contributed by atoms with Crippen molar-refractivity contribution in [2.45, 2.75) is 52.4 Å². The third-order valence-electron chi connectivity index (χ3n) is 18.0. The summed E-state index contributed by atoms with van der Waals surface area (Å²) in [5.41, 5.74) is 26.0. The largest absolute Gasteiger partial charge is 0.311 e. The number of para-hydroxylation sites is 6. The van der Waals surface area contributed by atoms with Crippen molar-refractivity contribution in [2.75, 3.05) is 9.80 Å². The lowest BCUT2D eigenvalue weighted by Crippen LogP contribution is -2.61. The van der Waals surface area contributed by atoms with Crippen LogP contribution in [0.2, 0.25) is 0 Å². The van der Waals surface area contributed by atoms with Gasteiger partial charge in [0, 0.05) is 77.0 Å². The van der Waals surface area contributed by atoms with Gasteiger partial charge in [0.15, 0.2) is 0 Å². The Kier molecular flexibility index (Phi) is 8.88. The SMILES string of the molecule is CC(C)(C)c1ccc2c(c1)B1c3cc(C(C)(C)C)ccc3N(c3ccccc3-c3cc4c5ccccc5n5c6ccccc6c(c3)c45)c3cccc(c31)N2c1ccccc1-c1cc2c3ccccc3n3c4ccccc4c(c1)c23. The Morgan fingerprint density at radius 1 is 0.291 bits per heavy atom. The van der Waals surface area contributed by atoms with Crippen molar-refractivity contribution < 1.29 is 0 Å². The standard InChI is InChI=1S/C74H55BN4/c1-73(2,3)46-34-36-66-58(42-46)75-59-43-47(74(4,5)6)35-37-67(59)77(61-27-14-8-21-49(61)45-40-56-52-24-11-17-30-64(52)79-65-31-18-12-25-53(65)57(41-45)72(56)79)69-33-19-32-68(70(69)75)76(66)60-26-13-7-20-48(60)44-38-54-50-22-9-15-28-62(50)78-63-29-16-10-23-51(63)55(39-44)71(54)78/h7-43H,1-6H3. The van der Waals surface area contributed by atoms with Crippen molar-refractivity contribution in [1.82, 2.24) is 8.80 Å². The normalized spacial score (nSPS) is 13.6. The molecule has 17 rings (SSSR count). The van der Waals surface area contributed by atoms with Crippen LogP contribution in [-0.2, 0) is 10.8 Å². The molecule has 4 aromatic heterocycles. The van der Waals surface area contributed by atoms with Crippen LogP contribution in [0.5, 0.6) is 0 Å². The van der Waals surface area contributed by atoms with E-state index in [1.54, 1.807) is 0 Å². The summed E-state index contributed by atoms with van der Waals surface area (Å²) < 4.78 is 4.96. The van der Waals surface area contributed by atoms with Crippen molar-refractivity contribution in [3.63, 3.8) is 0 Å². The smallest absolute Gasteiger partial charge is 0.252 e. The van der Waals surface area contributed by atoms with E-state index < -0.39 is 0 Å². The monoisotopic (exact) mass is 1010 g/mol. The lowest BCUT2D eigenvalue weighted by Gasteiger charge is -2.45. The number of hydrogen-bond donors (Lipinski definition) is 0. The maximum Gasteiger partial charge on any atom is 0.252 e. The van der Waals surface area contributed by atoms with Gasteiger partial charge in [-0.15, -0.1) is 0 Å². The summed E-state index contributed by atoms with van der Waals surface area (Å²) in [6, 6.07) is 85.7. The summed E-state index contributed by atoms with van der Waals surface area (Å²) in [6.07, 6.45) is 0. The van der Waals surface area contributed by atoms with Crippen LogP contribution in [0.25, 0.3) is 98.4 Å². The highest BCUT2D eigenvalue weighted by Gasteiger charge is 2.45. The molecule has 0 fully saturated rings. The lowest BCUT2D eigenvalue weighted by atomic mass is 9.33. The molecule has 2 aliphatic heterocycles. The zero-order valence-corrected chi connectivity index (χ0v) is 45.2. The molecule has 0 amide bonds. The van der Waals surface area contributed by atoms with Gasteiger partial charge in [-0.05, 0) is 134 Å². The maximum atomic E-state index is 2.61. The summed E-state index contributed by atoms with van der Waals surface area (Å²) in [5.74, 6) is 0.